The average Bonchev–Trinajstić information content (AvgIpc) is 2.16. The molecule has 0 aliphatic carbocycles. The maximum atomic E-state index is 14.6. The molecule has 0 spiro atoms. The number of carboxylic acid groups (broad SMARTS) is 3. The van der Waals surface area contributed by atoms with Crippen molar-refractivity contribution in [1.82, 2.24) is 61.7 Å². The van der Waals surface area contributed by atoms with Crippen LogP contribution in [-0.2, 0) is 67.1 Å². The highest BCUT2D eigenvalue weighted by Gasteiger charge is 2.47. The zero-order valence-electron chi connectivity index (χ0n) is 50.9. The number of aliphatic hydroxyl groups is 1. The third-order valence-electron chi connectivity index (χ3n) is 16.6. The Morgan fingerprint density at radius 2 is 0.899 bits per heavy atom. The van der Waals surface area contributed by atoms with Crippen LogP contribution in [0.25, 0.3) is 0 Å². The van der Waals surface area contributed by atoms with E-state index in [2.05, 4.69) is 37.2 Å². The van der Waals surface area contributed by atoms with E-state index < -0.39 is 181 Å². The Morgan fingerprint density at radius 1 is 0.483 bits per heavy atom. The number of guanidine groups is 1. The maximum Gasteiger partial charge on any atom is 0.326 e. The van der Waals surface area contributed by atoms with Gasteiger partial charge < -0.3 is 93.6 Å². The van der Waals surface area contributed by atoms with E-state index in [1.165, 1.54) is 33.4 Å². The van der Waals surface area contributed by atoms with E-state index in [0.717, 1.165) is 4.90 Å². The van der Waals surface area contributed by atoms with Gasteiger partial charge in [0.1, 0.15) is 66.5 Å². The third-order valence-corrected chi connectivity index (χ3v) is 16.6. The van der Waals surface area contributed by atoms with Crippen molar-refractivity contribution in [1.29, 1.82) is 5.41 Å². The van der Waals surface area contributed by atoms with E-state index in [1.54, 1.807) is 13.8 Å². The summed E-state index contributed by atoms with van der Waals surface area (Å²) in [5, 5.41) is 63.7. The molecule has 16 N–H and O–H groups in total. The summed E-state index contributed by atoms with van der Waals surface area (Å²) in [4.78, 5) is 193. The first-order chi connectivity index (χ1) is 42.1. The van der Waals surface area contributed by atoms with E-state index in [1.807, 2.05) is 0 Å². The number of nitrogens with two attached hydrogens (primary N) is 2. The van der Waals surface area contributed by atoms with Gasteiger partial charge in [-0.25, -0.2) is 4.79 Å². The van der Waals surface area contributed by atoms with Crippen molar-refractivity contribution < 1.29 is 87.5 Å². The molecule has 5 heterocycles. The number of amides is 11. The first-order valence-corrected chi connectivity index (χ1v) is 30.5. The van der Waals surface area contributed by atoms with Crippen molar-refractivity contribution in [2.45, 2.75) is 209 Å². The molecule has 5 aliphatic rings. The van der Waals surface area contributed by atoms with Gasteiger partial charge >= 0.3 is 17.9 Å². The molecule has 33 heteroatoms. The van der Waals surface area contributed by atoms with Gasteiger partial charge in [-0.2, -0.15) is 0 Å². The number of carbonyl (C=O) groups is 14. The van der Waals surface area contributed by atoms with Crippen molar-refractivity contribution in [3.05, 3.63) is 0 Å². The number of aliphatic hydroxyl groups excluding tert-OH is 1. The topological polar surface area (TPSA) is 496 Å². The van der Waals surface area contributed by atoms with E-state index in [-0.39, 0.29) is 89.7 Å². The number of carboxylic acids is 3. The zero-order chi connectivity index (χ0) is 66.0. The maximum absolute atomic E-state index is 14.6. The lowest BCUT2D eigenvalue weighted by Crippen LogP contribution is -2.60. The summed E-state index contributed by atoms with van der Waals surface area (Å²) >= 11 is 0. The number of likely N-dealkylation sites (tertiary alicyclic amines) is 5. The quantitative estimate of drug-likeness (QED) is 0.0176. The van der Waals surface area contributed by atoms with E-state index >= 15 is 0 Å². The standard InChI is InChI=1S/C56H89N15O18/c1-29(2)27-35(65-47(80)36(28-72)66-49(82)38-13-6-22-67(38)50(83)30(3)61-45(78)33(18-20-43(75)76)63-44(77)32(57)17-19-42(73)74)46(79)64-34(11-5-21-60-56(58)59)52(85)68-23-7-12-37(68)48(81)62-31(4)51(84)69-24-8-14-39(69)53(86)70-25-9-15-40(70)54(87)71-26-10-16-41(71)55(88)89/h29-41,72H,5-28,57H2,1-4H3,(H,61,78)(H,62,81)(H,63,77)(H,64,79)(H,65,80)(H,66,82)(H,73,74)(H,75,76)(H,88,89)(H4,58,59,60)/t30-,31-,32-,33-,34-,35-,36-,37-,38-,39-,40-,41-/m0/s1. The molecule has 5 rings (SSSR count). The van der Waals surface area contributed by atoms with Crippen molar-refractivity contribution in [2.24, 2.45) is 17.4 Å². The molecule has 496 valence electrons. The monoisotopic (exact) mass is 1260 g/mol. The predicted octanol–water partition coefficient (Wildman–Crippen LogP) is -4.67. The van der Waals surface area contributed by atoms with Crippen LogP contribution in [0.3, 0.4) is 0 Å². The second kappa shape index (κ2) is 33.4. The molecule has 12 atom stereocenters. The Morgan fingerprint density at radius 3 is 1.42 bits per heavy atom. The number of aliphatic carboxylic acids is 3. The first-order valence-electron chi connectivity index (χ1n) is 30.5. The minimum atomic E-state index is -1.69. The molecule has 0 saturated carbocycles. The second-order valence-corrected chi connectivity index (χ2v) is 23.8. The summed E-state index contributed by atoms with van der Waals surface area (Å²) < 4.78 is 0. The minimum Gasteiger partial charge on any atom is -0.481 e. The predicted molar refractivity (Wildman–Crippen MR) is 312 cm³/mol. The fourth-order valence-corrected chi connectivity index (χ4v) is 12.0. The van der Waals surface area contributed by atoms with Crippen LogP contribution in [0.1, 0.15) is 137 Å². The van der Waals surface area contributed by atoms with E-state index in [0.29, 0.717) is 51.4 Å². The smallest absolute Gasteiger partial charge is 0.326 e. The molecule has 0 aromatic carbocycles. The highest BCUT2D eigenvalue weighted by atomic mass is 16.4. The van der Waals surface area contributed by atoms with Crippen LogP contribution in [0.5, 0.6) is 0 Å². The molecular weight excluding hydrogens is 1170 g/mol. The van der Waals surface area contributed by atoms with E-state index in [9.17, 15) is 82.4 Å². The third kappa shape index (κ3) is 19.6. The molecule has 33 nitrogen and oxygen atoms in total. The molecule has 5 saturated heterocycles. The molecule has 0 aromatic heterocycles. The van der Waals surface area contributed by atoms with Gasteiger partial charge in [-0.3, -0.25) is 67.7 Å². The van der Waals surface area contributed by atoms with Crippen molar-refractivity contribution in [2.75, 3.05) is 45.9 Å². The van der Waals surface area contributed by atoms with Gasteiger partial charge in [0.15, 0.2) is 5.96 Å². The molecule has 0 unspecified atom stereocenters. The number of hydrogen-bond acceptors (Lipinski definition) is 17. The summed E-state index contributed by atoms with van der Waals surface area (Å²) in [5.74, 6) is -12.5. The van der Waals surface area contributed by atoms with Crippen LogP contribution in [0, 0.1) is 11.3 Å². The molecule has 89 heavy (non-hydrogen) atoms. The van der Waals surface area contributed by atoms with Gasteiger partial charge in [0.2, 0.25) is 65.0 Å². The summed E-state index contributed by atoms with van der Waals surface area (Å²) in [6, 6.07) is -14.9. The van der Waals surface area contributed by atoms with Crippen LogP contribution < -0.4 is 48.7 Å². The van der Waals surface area contributed by atoms with Crippen LogP contribution in [-0.4, -0.2) is 252 Å². The lowest BCUT2D eigenvalue weighted by molar-refractivity contribution is -0.153. The number of rotatable bonds is 31. The Labute approximate surface area is 514 Å². The molecule has 5 aliphatic heterocycles. The van der Waals surface area contributed by atoms with Crippen LogP contribution in [0.2, 0.25) is 0 Å². The molecule has 11 amide bonds. The summed E-state index contributed by atoms with van der Waals surface area (Å²) in [5.41, 5.74) is 11.3. The molecule has 5 fully saturated rings. The lowest BCUT2D eigenvalue weighted by atomic mass is 10.0. The highest BCUT2D eigenvalue weighted by Crippen LogP contribution is 2.29. The highest BCUT2D eigenvalue weighted by molar-refractivity contribution is 6.00. The van der Waals surface area contributed by atoms with Gasteiger partial charge in [-0.05, 0) is 116 Å². The first kappa shape index (κ1) is 71.5. The van der Waals surface area contributed by atoms with Crippen molar-refractivity contribution >= 4 is 88.8 Å². The second-order valence-electron chi connectivity index (χ2n) is 23.8. The van der Waals surface area contributed by atoms with E-state index in [4.69, 9.17) is 22.0 Å². The Hall–Kier alpha value is -8.23. The molecule has 0 radical (unpaired) electrons. The van der Waals surface area contributed by atoms with Crippen LogP contribution in [0.4, 0.5) is 0 Å². The van der Waals surface area contributed by atoms with Gasteiger partial charge in [0, 0.05) is 52.1 Å². The van der Waals surface area contributed by atoms with Crippen molar-refractivity contribution in [3.63, 3.8) is 0 Å². The van der Waals surface area contributed by atoms with Gasteiger partial charge in [0.05, 0.1) is 12.6 Å². The molecule has 0 aromatic rings. The largest absolute Gasteiger partial charge is 0.481 e. The van der Waals surface area contributed by atoms with Crippen LogP contribution in [0.15, 0.2) is 0 Å². The van der Waals surface area contributed by atoms with Gasteiger partial charge in [0.25, 0.3) is 0 Å². The SMILES string of the molecule is CC(C)C[C@H](NC(=O)[C@H](CO)NC(=O)[C@@H]1CCCN1C(=O)[C@H](C)NC(=O)[C@H](CCC(=O)O)NC(=O)[C@@H](N)CCC(=O)O)C(=O)N[C@@H](CCCNC(=N)N)C(=O)N1CCC[C@H]1C(=O)N[C@@H](C)C(=O)N1CCC[C@H]1C(=O)N1CCC[C@H]1C(=O)N1CCC[C@H]1C(=O)O. The summed E-state index contributed by atoms with van der Waals surface area (Å²) in [6.45, 7) is 6.13. The minimum absolute atomic E-state index is 0.0160. The summed E-state index contributed by atoms with van der Waals surface area (Å²) in [6.07, 6.45) is 1.69. The lowest BCUT2D eigenvalue weighted by Gasteiger charge is -2.34. The molecule has 0 bridgehead atoms. The normalized spacial score (nSPS) is 22.2. The fraction of sp³-hybridized carbons (Fsp3) is 0.732. The van der Waals surface area contributed by atoms with Crippen molar-refractivity contribution in [3.8, 4) is 0 Å². The number of hydrogen-bond donors (Lipinski definition) is 14. The molecular formula is C56H89N15O18. The Bertz CT molecular complexity index is 2660. The van der Waals surface area contributed by atoms with Gasteiger partial charge in [-0.1, -0.05) is 13.8 Å². The van der Waals surface area contributed by atoms with Gasteiger partial charge in [-0.15, -0.1) is 0 Å². The summed E-state index contributed by atoms with van der Waals surface area (Å²) in [7, 11) is 0. The number of nitrogens with one attached hydrogen (secondary N) is 8. The Balaban J connectivity index is 1.22. The zero-order valence-corrected chi connectivity index (χ0v) is 50.9. The number of nitrogens with zero attached hydrogens (tertiary/aromatic N) is 5. The fourth-order valence-electron chi connectivity index (χ4n) is 12.0. The average molecular weight is 1260 g/mol. The Kier molecular flexibility index (Phi) is 26.8. The van der Waals surface area contributed by atoms with Crippen LogP contribution >= 0.6 is 0 Å². The number of carbonyl (C=O) groups excluding carboxylic acids is 11.